The number of nitrogens with zero attached hydrogens (tertiary/aromatic N) is 1. The molecule has 1 heterocycles. The quantitative estimate of drug-likeness (QED) is 0.891. The van der Waals surface area contributed by atoms with Crippen molar-refractivity contribution in [2.24, 2.45) is 5.92 Å². The van der Waals surface area contributed by atoms with E-state index < -0.39 is 0 Å². The van der Waals surface area contributed by atoms with Crippen molar-refractivity contribution in [2.45, 2.75) is 20.4 Å². The maximum absolute atomic E-state index is 12.2. The van der Waals surface area contributed by atoms with E-state index in [0.717, 1.165) is 5.56 Å². The SMILES string of the molecule is CC(C)C(=O)Nc1cccc(C(=O)NCc2ccncc2)c1. The third-order valence-electron chi connectivity index (χ3n) is 3.12. The summed E-state index contributed by atoms with van der Waals surface area (Å²) in [6, 6.07) is 10.6. The molecule has 1 aromatic heterocycles. The van der Waals surface area contributed by atoms with Gasteiger partial charge in [0, 0.05) is 36.1 Å². The highest BCUT2D eigenvalue weighted by atomic mass is 16.2. The maximum atomic E-state index is 12.2. The molecule has 0 bridgehead atoms. The zero-order valence-corrected chi connectivity index (χ0v) is 12.7. The lowest BCUT2D eigenvalue weighted by Gasteiger charge is -2.10. The molecule has 0 atom stereocenters. The molecule has 2 aromatic rings. The zero-order chi connectivity index (χ0) is 15.9. The van der Waals surface area contributed by atoms with Crippen LogP contribution in [-0.2, 0) is 11.3 Å². The first-order chi connectivity index (χ1) is 10.6. The summed E-state index contributed by atoms with van der Waals surface area (Å²) in [5, 5.41) is 5.62. The van der Waals surface area contributed by atoms with Crippen molar-refractivity contribution in [2.75, 3.05) is 5.32 Å². The molecule has 2 amide bonds. The van der Waals surface area contributed by atoms with Gasteiger partial charge in [0.2, 0.25) is 5.91 Å². The molecule has 0 aliphatic carbocycles. The summed E-state index contributed by atoms with van der Waals surface area (Å²) in [5.74, 6) is -0.365. The van der Waals surface area contributed by atoms with Gasteiger partial charge >= 0.3 is 0 Å². The van der Waals surface area contributed by atoms with Crippen molar-refractivity contribution in [1.82, 2.24) is 10.3 Å². The van der Waals surface area contributed by atoms with E-state index in [1.54, 1.807) is 36.7 Å². The van der Waals surface area contributed by atoms with Crippen LogP contribution in [0.4, 0.5) is 5.69 Å². The van der Waals surface area contributed by atoms with Gasteiger partial charge in [0.25, 0.3) is 5.91 Å². The van der Waals surface area contributed by atoms with Gasteiger partial charge in [-0.3, -0.25) is 14.6 Å². The fourth-order valence-corrected chi connectivity index (χ4v) is 1.81. The number of pyridine rings is 1. The van der Waals surface area contributed by atoms with Gasteiger partial charge in [0.1, 0.15) is 0 Å². The first-order valence-electron chi connectivity index (χ1n) is 7.14. The Labute approximate surface area is 129 Å². The summed E-state index contributed by atoms with van der Waals surface area (Å²) in [5.41, 5.74) is 2.11. The monoisotopic (exact) mass is 297 g/mol. The topological polar surface area (TPSA) is 71.1 Å². The van der Waals surface area contributed by atoms with Gasteiger partial charge in [-0.25, -0.2) is 0 Å². The Kier molecular flexibility index (Phi) is 5.25. The van der Waals surface area contributed by atoms with Crippen LogP contribution in [0.15, 0.2) is 48.8 Å². The molecule has 22 heavy (non-hydrogen) atoms. The van der Waals surface area contributed by atoms with Crippen LogP contribution in [0.25, 0.3) is 0 Å². The second-order valence-electron chi connectivity index (χ2n) is 5.26. The Morgan fingerprint density at radius 3 is 2.55 bits per heavy atom. The van der Waals surface area contributed by atoms with Gasteiger partial charge in [-0.05, 0) is 35.9 Å². The minimum atomic E-state index is -0.183. The molecule has 0 saturated carbocycles. The summed E-state index contributed by atoms with van der Waals surface area (Å²) < 4.78 is 0. The van der Waals surface area contributed by atoms with Crippen molar-refractivity contribution in [1.29, 1.82) is 0 Å². The molecule has 5 heteroatoms. The summed E-state index contributed by atoms with van der Waals surface area (Å²) in [4.78, 5) is 27.8. The lowest BCUT2D eigenvalue weighted by molar-refractivity contribution is -0.118. The molecule has 0 fully saturated rings. The Balaban J connectivity index is 1.99. The molecule has 114 valence electrons. The van der Waals surface area contributed by atoms with Crippen LogP contribution in [0.2, 0.25) is 0 Å². The number of benzene rings is 1. The summed E-state index contributed by atoms with van der Waals surface area (Å²) >= 11 is 0. The van der Waals surface area contributed by atoms with E-state index in [1.807, 2.05) is 26.0 Å². The lowest BCUT2D eigenvalue weighted by atomic mass is 10.1. The van der Waals surface area contributed by atoms with E-state index in [2.05, 4.69) is 15.6 Å². The lowest BCUT2D eigenvalue weighted by Crippen LogP contribution is -2.23. The molecule has 0 aliphatic rings. The van der Waals surface area contributed by atoms with Crippen LogP contribution >= 0.6 is 0 Å². The zero-order valence-electron chi connectivity index (χ0n) is 12.7. The van der Waals surface area contributed by atoms with E-state index in [1.165, 1.54) is 0 Å². The van der Waals surface area contributed by atoms with E-state index in [4.69, 9.17) is 0 Å². The van der Waals surface area contributed by atoms with Crippen molar-refractivity contribution >= 4 is 17.5 Å². The molecule has 2 rings (SSSR count). The Hall–Kier alpha value is -2.69. The predicted molar refractivity (Wildman–Crippen MR) is 85.3 cm³/mol. The first-order valence-corrected chi connectivity index (χ1v) is 7.14. The van der Waals surface area contributed by atoms with Crippen LogP contribution in [0.3, 0.4) is 0 Å². The van der Waals surface area contributed by atoms with Gasteiger partial charge in [-0.2, -0.15) is 0 Å². The normalized spacial score (nSPS) is 10.3. The largest absolute Gasteiger partial charge is 0.348 e. The van der Waals surface area contributed by atoms with Crippen molar-refractivity contribution in [3.8, 4) is 0 Å². The van der Waals surface area contributed by atoms with Gasteiger partial charge in [0.05, 0.1) is 0 Å². The number of hydrogen-bond acceptors (Lipinski definition) is 3. The summed E-state index contributed by atoms with van der Waals surface area (Å²) in [6.07, 6.45) is 3.37. The first kappa shape index (κ1) is 15.7. The van der Waals surface area contributed by atoms with Gasteiger partial charge in [-0.15, -0.1) is 0 Å². The summed E-state index contributed by atoms with van der Waals surface area (Å²) in [7, 11) is 0. The number of anilines is 1. The molecule has 0 aliphatic heterocycles. The number of carbonyl (C=O) groups excluding carboxylic acids is 2. The second kappa shape index (κ2) is 7.36. The van der Waals surface area contributed by atoms with Crippen LogP contribution in [0.5, 0.6) is 0 Å². The Morgan fingerprint density at radius 1 is 1.14 bits per heavy atom. The highest BCUT2D eigenvalue weighted by Gasteiger charge is 2.10. The number of amides is 2. The van der Waals surface area contributed by atoms with Gasteiger partial charge < -0.3 is 10.6 Å². The molecule has 0 unspecified atom stereocenters. The minimum absolute atomic E-state index is 0.0747. The molecule has 5 nitrogen and oxygen atoms in total. The van der Waals surface area contributed by atoms with Crippen LogP contribution in [-0.4, -0.2) is 16.8 Å². The number of nitrogens with one attached hydrogen (secondary N) is 2. The number of rotatable bonds is 5. The Morgan fingerprint density at radius 2 is 1.86 bits per heavy atom. The van der Waals surface area contributed by atoms with E-state index >= 15 is 0 Å². The van der Waals surface area contributed by atoms with E-state index in [-0.39, 0.29) is 17.7 Å². The highest BCUT2D eigenvalue weighted by molar-refractivity contribution is 5.97. The second-order valence-corrected chi connectivity index (χ2v) is 5.26. The third-order valence-corrected chi connectivity index (χ3v) is 3.12. The van der Waals surface area contributed by atoms with Crippen LogP contribution in [0.1, 0.15) is 29.8 Å². The Bertz CT molecular complexity index is 654. The van der Waals surface area contributed by atoms with Gasteiger partial charge in [0.15, 0.2) is 0 Å². The average molecular weight is 297 g/mol. The molecular formula is C17H19N3O2. The fraction of sp³-hybridized carbons (Fsp3) is 0.235. The maximum Gasteiger partial charge on any atom is 0.251 e. The molecule has 2 N–H and O–H groups in total. The van der Waals surface area contributed by atoms with Crippen LogP contribution in [0, 0.1) is 5.92 Å². The molecule has 0 saturated heterocycles. The standard InChI is InChI=1S/C17H19N3O2/c1-12(2)16(21)20-15-5-3-4-14(10-15)17(22)19-11-13-6-8-18-9-7-13/h3-10,12H,11H2,1-2H3,(H,19,22)(H,20,21). The van der Waals surface area contributed by atoms with Crippen molar-refractivity contribution in [3.63, 3.8) is 0 Å². The average Bonchev–Trinajstić information content (AvgIpc) is 2.53. The molecular weight excluding hydrogens is 278 g/mol. The van der Waals surface area contributed by atoms with E-state index in [0.29, 0.717) is 17.8 Å². The van der Waals surface area contributed by atoms with Crippen LogP contribution < -0.4 is 10.6 Å². The molecule has 1 aromatic carbocycles. The number of aromatic nitrogens is 1. The summed E-state index contributed by atoms with van der Waals surface area (Å²) in [6.45, 7) is 4.07. The van der Waals surface area contributed by atoms with Crippen molar-refractivity contribution < 1.29 is 9.59 Å². The fourth-order valence-electron chi connectivity index (χ4n) is 1.81. The number of hydrogen-bond donors (Lipinski definition) is 2. The highest BCUT2D eigenvalue weighted by Crippen LogP contribution is 2.12. The smallest absolute Gasteiger partial charge is 0.251 e. The van der Waals surface area contributed by atoms with Crippen molar-refractivity contribution in [3.05, 3.63) is 59.9 Å². The number of carbonyl (C=O) groups is 2. The predicted octanol–water partition coefficient (Wildman–Crippen LogP) is 2.61. The van der Waals surface area contributed by atoms with Gasteiger partial charge in [-0.1, -0.05) is 19.9 Å². The van der Waals surface area contributed by atoms with E-state index in [9.17, 15) is 9.59 Å². The molecule has 0 radical (unpaired) electrons. The third kappa shape index (κ3) is 4.41. The minimum Gasteiger partial charge on any atom is -0.348 e. The molecule has 0 spiro atoms.